The van der Waals surface area contributed by atoms with Gasteiger partial charge in [-0.1, -0.05) is 0 Å². The summed E-state index contributed by atoms with van der Waals surface area (Å²) >= 11 is 0. The molecule has 1 amide bonds. The number of rotatable bonds is 6. The molecule has 0 aliphatic carbocycles. The van der Waals surface area contributed by atoms with Gasteiger partial charge in [0.05, 0.1) is 17.7 Å². The predicted molar refractivity (Wildman–Crippen MR) is 81.8 cm³/mol. The highest BCUT2D eigenvalue weighted by molar-refractivity contribution is 7.89. The molecular formula is C15H18N2O4S. The predicted octanol–water partition coefficient (Wildman–Crippen LogP) is 1.90. The second kappa shape index (κ2) is 6.76. The van der Waals surface area contributed by atoms with Crippen molar-refractivity contribution in [1.82, 2.24) is 10.0 Å². The van der Waals surface area contributed by atoms with Crippen LogP contribution in [-0.2, 0) is 16.6 Å². The first kappa shape index (κ1) is 16.3. The monoisotopic (exact) mass is 322 g/mol. The lowest BCUT2D eigenvalue weighted by atomic mass is 10.2. The van der Waals surface area contributed by atoms with Crippen LogP contribution in [0, 0.1) is 0 Å². The van der Waals surface area contributed by atoms with Crippen LogP contribution in [0.1, 0.15) is 30.0 Å². The van der Waals surface area contributed by atoms with Gasteiger partial charge in [-0.3, -0.25) is 4.79 Å². The van der Waals surface area contributed by atoms with Crippen molar-refractivity contribution in [3.63, 3.8) is 0 Å². The van der Waals surface area contributed by atoms with Crippen LogP contribution in [0.3, 0.4) is 0 Å². The summed E-state index contributed by atoms with van der Waals surface area (Å²) in [7, 11) is -3.64. The lowest BCUT2D eigenvalue weighted by Crippen LogP contribution is -2.30. The molecule has 118 valence electrons. The highest BCUT2D eigenvalue weighted by Gasteiger charge is 2.15. The fourth-order valence-electron chi connectivity index (χ4n) is 1.79. The van der Waals surface area contributed by atoms with Crippen molar-refractivity contribution in [3.05, 3.63) is 54.0 Å². The number of hydrogen-bond donors (Lipinski definition) is 2. The van der Waals surface area contributed by atoms with E-state index < -0.39 is 10.0 Å². The molecular weight excluding hydrogens is 304 g/mol. The van der Waals surface area contributed by atoms with Crippen LogP contribution in [0.25, 0.3) is 0 Å². The Morgan fingerprint density at radius 2 is 1.86 bits per heavy atom. The summed E-state index contributed by atoms with van der Waals surface area (Å²) < 4.78 is 31.8. The van der Waals surface area contributed by atoms with Gasteiger partial charge in [0.15, 0.2) is 0 Å². The van der Waals surface area contributed by atoms with E-state index in [0.29, 0.717) is 11.3 Å². The zero-order chi connectivity index (χ0) is 16.2. The molecule has 0 aliphatic rings. The summed E-state index contributed by atoms with van der Waals surface area (Å²) in [6.45, 7) is 3.79. The van der Waals surface area contributed by atoms with Gasteiger partial charge in [0, 0.05) is 11.6 Å². The van der Waals surface area contributed by atoms with Crippen LogP contribution < -0.4 is 10.0 Å². The molecule has 1 aromatic carbocycles. The van der Waals surface area contributed by atoms with Crippen molar-refractivity contribution in [2.24, 2.45) is 0 Å². The standard InChI is InChI=1S/C15H18N2O4S/c1-11(2)17-15(18)12-5-7-14(8-6-12)22(19,20)16-10-13-4-3-9-21-13/h3-9,11,16H,10H2,1-2H3,(H,17,18). The van der Waals surface area contributed by atoms with Gasteiger partial charge in [0.1, 0.15) is 5.76 Å². The van der Waals surface area contributed by atoms with Crippen molar-refractivity contribution in [1.29, 1.82) is 0 Å². The Morgan fingerprint density at radius 1 is 1.18 bits per heavy atom. The Hall–Kier alpha value is -2.12. The number of nitrogens with one attached hydrogen (secondary N) is 2. The normalized spacial score (nSPS) is 11.6. The van der Waals surface area contributed by atoms with Gasteiger partial charge >= 0.3 is 0 Å². The minimum atomic E-state index is -3.64. The number of carbonyl (C=O) groups excluding carboxylic acids is 1. The van der Waals surface area contributed by atoms with E-state index in [9.17, 15) is 13.2 Å². The fourth-order valence-corrected chi connectivity index (χ4v) is 2.79. The van der Waals surface area contributed by atoms with E-state index in [4.69, 9.17) is 4.42 Å². The maximum absolute atomic E-state index is 12.1. The van der Waals surface area contributed by atoms with Crippen LogP contribution >= 0.6 is 0 Å². The molecule has 0 spiro atoms. The molecule has 7 heteroatoms. The Balaban J connectivity index is 2.06. The average Bonchev–Trinajstić information content (AvgIpc) is 2.98. The quantitative estimate of drug-likeness (QED) is 0.850. The second-order valence-electron chi connectivity index (χ2n) is 5.06. The highest BCUT2D eigenvalue weighted by Crippen LogP contribution is 2.12. The van der Waals surface area contributed by atoms with Gasteiger partial charge in [-0.2, -0.15) is 0 Å². The van der Waals surface area contributed by atoms with Gasteiger partial charge in [0.2, 0.25) is 10.0 Å². The van der Waals surface area contributed by atoms with E-state index in [2.05, 4.69) is 10.0 Å². The van der Waals surface area contributed by atoms with Crippen LogP contribution in [0.2, 0.25) is 0 Å². The molecule has 1 aromatic heterocycles. The molecule has 0 saturated heterocycles. The molecule has 0 bridgehead atoms. The molecule has 0 aliphatic heterocycles. The molecule has 6 nitrogen and oxygen atoms in total. The third kappa shape index (κ3) is 4.19. The Morgan fingerprint density at radius 3 is 2.41 bits per heavy atom. The highest BCUT2D eigenvalue weighted by atomic mass is 32.2. The summed E-state index contributed by atoms with van der Waals surface area (Å²) in [5.41, 5.74) is 0.415. The fraction of sp³-hybridized carbons (Fsp3) is 0.267. The number of furan rings is 1. The lowest BCUT2D eigenvalue weighted by molar-refractivity contribution is 0.0943. The Kier molecular flexibility index (Phi) is 4.99. The molecule has 0 radical (unpaired) electrons. The van der Waals surface area contributed by atoms with Crippen molar-refractivity contribution < 1.29 is 17.6 Å². The van der Waals surface area contributed by atoms with Gasteiger partial charge < -0.3 is 9.73 Å². The van der Waals surface area contributed by atoms with Crippen molar-refractivity contribution in [2.45, 2.75) is 31.3 Å². The summed E-state index contributed by atoms with van der Waals surface area (Å²) in [6, 6.07) is 9.16. The molecule has 2 aromatic rings. The van der Waals surface area contributed by atoms with Crippen molar-refractivity contribution >= 4 is 15.9 Å². The van der Waals surface area contributed by atoms with E-state index >= 15 is 0 Å². The molecule has 2 rings (SSSR count). The van der Waals surface area contributed by atoms with Crippen LogP contribution in [0.15, 0.2) is 52.0 Å². The van der Waals surface area contributed by atoms with E-state index in [1.54, 1.807) is 12.1 Å². The first-order chi connectivity index (χ1) is 10.4. The molecule has 0 unspecified atom stereocenters. The average molecular weight is 322 g/mol. The first-order valence-electron chi connectivity index (χ1n) is 6.81. The third-order valence-electron chi connectivity index (χ3n) is 2.86. The zero-order valence-corrected chi connectivity index (χ0v) is 13.2. The molecule has 0 fully saturated rings. The minimum absolute atomic E-state index is 0.0193. The molecule has 1 heterocycles. The molecule has 22 heavy (non-hydrogen) atoms. The van der Waals surface area contributed by atoms with Crippen LogP contribution in [0.4, 0.5) is 0 Å². The van der Waals surface area contributed by atoms with Gasteiger partial charge in [-0.05, 0) is 50.2 Å². The maximum Gasteiger partial charge on any atom is 0.251 e. The number of sulfonamides is 1. The number of carbonyl (C=O) groups is 1. The van der Waals surface area contributed by atoms with Gasteiger partial charge in [-0.15, -0.1) is 0 Å². The topological polar surface area (TPSA) is 88.4 Å². The van der Waals surface area contributed by atoms with E-state index in [0.717, 1.165) is 0 Å². The molecule has 0 saturated carbocycles. The largest absolute Gasteiger partial charge is 0.468 e. The summed E-state index contributed by atoms with van der Waals surface area (Å²) in [4.78, 5) is 11.9. The Labute approximate surface area is 129 Å². The molecule has 0 atom stereocenters. The SMILES string of the molecule is CC(C)NC(=O)c1ccc(S(=O)(=O)NCc2ccco2)cc1. The zero-order valence-electron chi connectivity index (χ0n) is 12.4. The molecule has 2 N–H and O–H groups in total. The number of amides is 1. The minimum Gasteiger partial charge on any atom is -0.468 e. The second-order valence-corrected chi connectivity index (χ2v) is 6.82. The van der Waals surface area contributed by atoms with Crippen molar-refractivity contribution in [2.75, 3.05) is 0 Å². The lowest BCUT2D eigenvalue weighted by Gasteiger charge is -2.09. The van der Waals surface area contributed by atoms with Gasteiger partial charge in [0.25, 0.3) is 5.91 Å². The summed E-state index contributed by atoms with van der Waals surface area (Å²) in [5, 5.41) is 2.74. The van der Waals surface area contributed by atoms with Crippen molar-refractivity contribution in [3.8, 4) is 0 Å². The summed E-state index contributed by atoms with van der Waals surface area (Å²) in [5.74, 6) is 0.291. The van der Waals surface area contributed by atoms with E-state index in [1.807, 2.05) is 13.8 Å². The summed E-state index contributed by atoms with van der Waals surface area (Å²) in [6.07, 6.45) is 1.48. The number of hydrogen-bond acceptors (Lipinski definition) is 4. The van der Waals surface area contributed by atoms with E-state index in [-0.39, 0.29) is 23.4 Å². The first-order valence-corrected chi connectivity index (χ1v) is 8.30. The smallest absolute Gasteiger partial charge is 0.251 e. The van der Waals surface area contributed by atoms with Crippen LogP contribution in [0.5, 0.6) is 0 Å². The van der Waals surface area contributed by atoms with E-state index in [1.165, 1.54) is 30.5 Å². The van der Waals surface area contributed by atoms with Crippen LogP contribution in [-0.4, -0.2) is 20.4 Å². The number of benzene rings is 1. The van der Waals surface area contributed by atoms with Gasteiger partial charge in [-0.25, -0.2) is 13.1 Å². The maximum atomic E-state index is 12.1. The third-order valence-corrected chi connectivity index (χ3v) is 4.28. The Bertz CT molecular complexity index is 719.